The third-order valence-electron chi connectivity index (χ3n) is 9.56. The number of nitrogens with zero attached hydrogens (tertiary/aromatic N) is 5. The first-order valence-corrected chi connectivity index (χ1v) is 14.5. The molecule has 5 fully saturated rings. The molecule has 38 heavy (non-hydrogen) atoms. The van der Waals surface area contributed by atoms with E-state index in [0.717, 1.165) is 62.7 Å². The number of fused-ring (bicyclic) bond motifs is 2. The van der Waals surface area contributed by atoms with Crippen LogP contribution in [0.3, 0.4) is 0 Å². The molecule has 10 nitrogen and oxygen atoms in total. The average molecular weight is 521 g/mol. The van der Waals surface area contributed by atoms with Crippen LogP contribution in [0.15, 0.2) is 0 Å². The van der Waals surface area contributed by atoms with E-state index in [-0.39, 0.29) is 41.6 Å². The number of piperidine rings is 1. The number of carbonyl (C=O) groups excluding carboxylic acids is 3. The number of nitrogens with one attached hydrogen (secondary N) is 1. The van der Waals surface area contributed by atoms with Crippen molar-refractivity contribution in [3.63, 3.8) is 0 Å². The van der Waals surface area contributed by atoms with Crippen molar-refractivity contribution in [1.29, 1.82) is 5.26 Å². The van der Waals surface area contributed by atoms with Crippen LogP contribution in [0.5, 0.6) is 0 Å². The van der Waals surface area contributed by atoms with Crippen LogP contribution in [0.4, 0.5) is 5.82 Å². The second-order valence-corrected chi connectivity index (χ2v) is 12.2. The lowest BCUT2D eigenvalue weighted by Crippen LogP contribution is -2.56. The molecule has 5 atom stereocenters. The van der Waals surface area contributed by atoms with E-state index in [9.17, 15) is 19.6 Å². The highest BCUT2D eigenvalue weighted by atomic mass is 16.5. The number of likely N-dealkylation sites (N-methyl/N-ethyl adjacent to an activating group) is 1. The zero-order chi connectivity index (χ0) is 26.1. The molecule has 0 unspecified atom stereocenters. The number of carbonyl (C=O) groups is 3. The number of aromatic nitrogens is 2. The number of rotatable bonds is 7. The van der Waals surface area contributed by atoms with Gasteiger partial charge >= 0.3 is 0 Å². The molecule has 7 rings (SSSR count). The fraction of sp³-hybridized carbons (Fsp3) is 0.750. The van der Waals surface area contributed by atoms with Gasteiger partial charge in [-0.15, -0.1) is 0 Å². The quantitative estimate of drug-likeness (QED) is 0.590. The second kappa shape index (κ2) is 9.08. The lowest BCUT2D eigenvalue weighted by atomic mass is 9.82. The summed E-state index contributed by atoms with van der Waals surface area (Å²) in [6.45, 7) is 3.59. The molecule has 3 saturated carbocycles. The van der Waals surface area contributed by atoms with Crippen molar-refractivity contribution < 1.29 is 19.1 Å². The van der Waals surface area contributed by atoms with Gasteiger partial charge in [-0.2, -0.15) is 10.4 Å². The maximum absolute atomic E-state index is 14.3. The van der Waals surface area contributed by atoms with Gasteiger partial charge in [0, 0.05) is 43.7 Å². The molecule has 3 amide bonds. The van der Waals surface area contributed by atoms with Crippen LogP contribution < -0.4 is 10.2 Å². The Kier molecular flexibility index (Phi) is 5.76. The molecule has 2 saturated heterocycles. The van der Waals surface area contributed by atoms with E-state index in [1.165, 1.54) is 0 Å². The van der Waals surface area contributed by atoms with Gasteiger partial charge in [0.1, 0.15) is 17.9 Å². The van der Waals surface area contributed by atoms with Crippen molar-refractivity contribution in [2.75, 3.05) is 24.7 Å². The van der Waals surface area contributed by atoms with Gasteiger partial charge in [-0.1, -0.05) is 0 Å². The van der Waals surface area contributed by atoms with E-state index in [2.05, 4.69) is 11.4 Å². The second-order valence-electron chi connectivity index (χ2n) is 12.2. The summed E-state index contributed by atoms with van der Waals surface area (Å²) in [4.78, 5) is 44.8. The van der Waals surface area contributed by atoms with Crippen molar-refractivity contribution in [1.82, 2.24) is 20.0 Å². The Hall–Kier alpha value is -2.93. The number of hydrogen-bond acceptors (Lipinski definition) is 6. The molecule has 3 aliphatic carbocycles. The molecule has 1 aromatic rings. The molecule has 10 heteroatoms. The fourth-order valence-corrected chi connectivity index (χ4v) is 7.17. The monoisotopic (exact) mass is 520 g/mol. The van der Waals surface area contributed by atoms with E-state index in [1.54, 1.807) is 9.80 Å². The Morgan fingerprint density at radius 3 is 2.53 bits per heavy atom. The minimum absolute atomic E-state index is 0.0285. The number of amides is 3. The van der Waals surface area contributed by atoms with Crippen LogP contribution >= 0.6 is 0 Å². The highest BCUT2D eigenvalue weighted by Gasteiger charge is 2.57. The molecule has 0 radical (unpaired) electrons. The van der Waals surface area contributed by atoms with Gasteiger partial charge in [-0.3, -0.25) is 19.3 Å². The molecule has 1 N–H and O–H groups in total. The van der Waals surface area contributed by atoms with Gasteiger partial charge in [0.2, 0.25) is 5.91 Å². The predicted octanol–water partition coefficient (Wildman–Crippen LogP) is 2.51. The van der Waals surface area contributed by atoms with Gasteiger partial charge < -0.3 is 15.0 Å². The Balaban J connectivity index is 1.34. The Labute approximate surface area is 222 Å². The Morgan fingerprint density at radius 1 is 1.11 bits per heavy atom. The van der Waals surface area contributed by atoms with E-state index in [4.69, 9.17) is 9.84 Å². The zero-order valence-corrected chi connectivity index (χ0v) is 22.0. The molecule has 202 valence electrons. The van der Waals surface area contributed by atoms with Gasteiger partial charge in [0.05, 0.1) is 12.1 Å². The summed E-state index contributed by atoms with van der Waals surface area (Å²) in [7, 11) is 0. The van der Waals surface area contributed by atoms with Gasteiger partial charge in [-0.05, 0) is 76.0 Å². The summed E-state index contributed by atoms with van der Waals surface area (Å²) in [6.07, 6.45) is 7.70. The third-order valence-corrected chi connectivity index (χ3v) is 9.56. The van der Waals surface area contributed by atoms with E-state index < -0.39 is 12.1 Å². The normalized spacial score (nSPS) is 32.5. The van der Waals surface area contributed by atoms with E-state index in [0.29, 0.717) is 43.7 Å². The predicted molar refractivity (Wildman–Crippen MR) is 136 cm³/mol. The van der Waals surface area contributed by atoms with Gasteiger partial charge in [-0.25, -0.2) is 4.68 Å². The standard InChI is InChI=1S/C28H36N6O4/c1-2-32-26-23(22(16-5-6-16)24(27(32)36)30-21(35)11-15-3-4-15)25(31-34(26)18-7-9-38-10-8-18)28(37)33-19(14-29)12-17-13-20(17)33/h15-20,22,24H,2-13H2,1H3,(H,30,35)/t17-,19-,20+,22-,24-/m0/s1. The first kappa shape index (κ1) is 24.1. The number of ether oxygens (including phenoxy) is 1. The minimum Gasteiger partial charge on any atom is -0.381 e. The highest BCUT2D eigenvalue weighted by Crippen LogP contribution is 2.53. The summed E-state index contributed by atoms with van der Waals surface area (Å²) in [5.74, 6) is 1.11. The summed E-state index contributed by atoms with van der Waals surface area (Å²) in [5, 5.41) is 17.9. The van der Waals surface area contributed by atoms with E-state index in [1.807, 2.05) is 11.6 Å². The van der Waals surface area contributed by atoms with Crippen LogP contribution in [0, 0.1) is 29.1 Å². The topological polar surface area (TPSA) is 121 Å². The van der Waals surface area contributed by atoms with Crippen molar-refractivity contribution in [2.24, 2.45) is 17.8 Å². The SMILES string of the molecule is CCN1C(=O)[C@@H](NC(=O)CC2CC2)[C@@H](C2CC2)c2c(C(=O)N3[C@H](C#N)C[C@H]4C[C@H]43)nn(C3CCOCC3)c21. The molecule has 3 aliphatic heterocycles. The number of hydrogen-bond donors (Lipinski definition) is 1. The summed E-state index contributed by atoms with van der Waals surface area (Å²) < 4.78 is 7.53. The molecular formula is C28H36N6O4. The van der Waals surface area contributed by atoms with Crippen molar-refractivity contribution in [3.8, 4) is 6.07 Å². The molecule has 4 heterocycles. The van der Waals surface area contributed by atoms with Crippen LogP contribution in [0.25, 0.3) is 0 Å². The average Bonchev–Trinajstić information content (AvgIpc) is 3.85. The summed E-state index contributed by atoms with van der Waals surface area (Å²) in [5.41, 5.74) is 1.19. The lowest BCUT2D eigenvalue weighted by Gasteiger charge is -2.39. The van der Waals surface area contributed by atoms with Crippen molar-refractivity contribution in [3.05, 3.63) is 11.3 Å². The number of nitriles is 1. The van der Waals surface area contributed by atoms with Crippen LogP contribution in [0.1, 0.15) is 92.7 Å². The summed E-state index contributed by atoms with van der Waals surface area (Å²) in [6, 6.07) is 1.35. The molecule has 0 spiro atoms. The smallest absolute Gasteiger partial charge is 0.276 e. The van der Waals surface area contributed by atoms with Crippen LogP contribution in [-0.4, -0.2) is 70.3 Å². The van der Waals surface area contributed by atoms with Crippen LogP contribution in [0.2, 0.25) is 0 Å². The van der Waals surface area contributed by atoms with Crippen LogP contribution in [-0.2, 0) is 14.3 Å². The maximum Gasteiger partial charge on any atom is 0.276 e. The Morgan fingerprint density at radius 2 is 1.87 bits per heavy atom. The highest BCUT2D eigenvalue weighted by molar-refractivity contribution is 6.05. The third kappa shape index (κ3) is 3.93. The first-order chi connectivity index (χ1) is 18.5. The fourth-order valence-electron chi connectivity index (χ4n) is 7.17. The molecule has 0 bridgehead atoms. The van der Waals surface area contributed by atoms with Gasteiger partial charge in [0.25, 0.3) is 11.8 Å². The van der Waals surface area contributed by atoms with E-state index >= 15 is 0 Å². The van der Waals surface area contributed by atoms with Crippen molar-refractivity contribution >= 4 is 23.5 Å². The number of anilines is 1. The molecule has 6 aliphatic rings. The summed E-state index contributed by atoms with van der Waals surface area (Å²) >= 11 is 0. The molecule has 1 aromatic heterocycles. The lowest BCUT2D eigenvalue weighted by molar-refractivity contribution is -0.128. The minimum atomic E-state index is -0.695. The zero-order valence-electron chi connectivity index (χ0n) is 22.0. The maximum atomic E-state index is 14.3. The first-order valence-electron chi connectivity index (χ1n) is 14.5. The largest absolute Gasteiger partial charge is 0.381 e. The number of likely N-dealkylation sites (tertiary alicyclic amines) is 1. The van der Waals surface area contributed by atoms with Crippen molar-refractivity contribution in [2.45, 2.75) is 94.8 Å². The van der Waals surface area contributed by atoms with Gasteiger partial charge in [0.15, 0.2) is 5.69 Å². The molecule has 0 aromatic carbocycles. The molecular weight excluding hydrogens is 484 g/mol. The Bertz CT molecular complexity index is 1210.